The molecule has 57 valence electrons. The number of hydrogen-bond acceptors (Lipinski definition) is 2. The van der Waals surface area contributed by atoms with Crippen LogP contribution >= 0.6 is 0 Å². The van der Waals surface area contributed by atoms with Crippen LogP contribution in [0.25, 0.3) is 0 Å². The fraction of sp³-hybridized carbons (Fsp3) is 0.429. The minimum atomic E-state index is -0.957. The van der Waals surface area contributed by atoms with Crippen LogP contribution in [-0.2, 0) is 4.79 Å². The first-order chi connectivity index (χ1) is 4.54. The highest BCUT2D eigenvalue weighted by atomic mass is 16.4. The van der Waals surface area contributed by atoms with E-state index in [1.807, 2.05) is 19.0 Å². The monoisotopic (exact) mass is 142 g/mol. The van der Waals surface area contributed by atoms with Crippen LogP contribution in [0.15, 0.2) is 12.2 Å². The average Bonchev–Trinajstić information content (AvgIpc) is 1.82. The quantitative estimate of drug-likeness (QED) is 0.577. The first-order valence-corrected chi connectivity index (χ1v) is 2.94. The van der Waals surface area contributed by atoms with Crippen molar-refractivity contribution in [3.05, 3.63) is 18.6 Å². The molecule has 0 saturated heterocycles. The minimum absolute atomic E-state index is 0.147. The lowest BCUT2D eigenvalue weighted by Gasteiger charge is -2.07. The summed E-state index contributed by atoms with van der Waals surface area (Å²) < 4.78 is 0. The molecule has 0 aliphatic heterocycles. The molecule has 3 nitrogen and oxygen atoms in total. The van der Waals surface area contributed by atoms with Crippen LogP contribution in [0.3, 0.4) is 0 Å². The van der Waals surface area contributed by atoms with Gasteiger partial charge in [-0.15, -0.1) is 0 Å². The molecule has 0 amide bonds. The smallest absolute Gasteiger partial charge is 0.331 e. The molecule has 10 heavy (non-hydrogen) atoms. The third-order valence-corrected chi connectivity index (χ3v) is 0.978. The van der Waals surface area contributed by atoms with Gasteiger partial charge in [0.25, 0.3) is 0 Å². The van der Waals surface area contributed by atoms with E-state index in [2.05, 4.69) is 6.58 Å². The van der Waals surface area contributed by atoms with Crippen LogP contribution in [-0.4, -0.2) is 36.6 Å². The van der Waals surface area contributed by atoms with E-state index in [4.69, 9.17) is 5.11 Å². The number of carboxylic acids is 1. The summed E-state index contributed by atoms with van der Waals surface area (Å²) in [7, 11) is 3.73. The molecule has 3 heteroatoms. The highest BCUT2D eigenvalue weighted by molar-refractivity contribution is 5.88. The fourth-order valence-electron chi connectivity index (χ4n) is 0.380. The molecule has 0 spiro atoms. The largest absolute Gasteiger partial charge is 0.478 e. The summed E-state index contributed by atoms with van der Waals surface area (Å²) in [4.78, 5) is 12.0. The summed E-state index contributed by atoms with van der Waals surface area (Å²) in [5, 5.41) is 8.35. The molecule has 0 bridgehead atoms. The lowest BCUT2D eigenvalue weighted by Crippen LogP contribution is -2.15. The average molecular weight is 142 g/mol. The van der Waals surface area contributed by atoms with Crippen molar-refractivity contribution in [3.8, 4) is 0 Å². The predicted octanol–water partition coefficient (Wildman–Crippen LogP) is 0.393. The molecule has 0 atom stereocenters. The van der Waals surface area contributed by atoms with Gasteiger partial charge in [-0.25, -0.2) is 4.79 Å². The zero-order valence-corrected chi connectivity index (χ0v) is 6.29. The number of carboxylic acid groups (broad SMARTS) is 1. The number of nitrogens with zero attached hydrogens (tertiary/aromatic N) is 1. The molecule has 0 rings (SSSR count). The van der Waals surface area contributed by atoms with E-state index in [-0.39, 0.29) is 5.57 Å². The van der Waals surface area contributed by atoms with Crippen molar-refractivity contribution in [3.63, 3.8) is 0 Å². The number of aliphatic carboxylic acids is 1. The second-order valence-corrected chi connectivity index (χ2v) is 2.30. The van der Waals surface area contributed by atoms with Crippen LogP contribution in [0.4, 0.5) is 0 Å². The van der Waals surface area contributed by atoms with Gasteiger partial charge < -0.3 is 10.0 Å². The van der Waals surface area contributed by atoms with E-state index in [0.29, 0.717) is 6.54 Å². The predicted molar refractivity (Wildman–Crippen MR) is 39.6 cm³/mol. The summed E-state index contributed by atoms with van der Waals surface area (Å²) in [5.74, 6) is -0.957. The second kappa shape index (κ2) is 4.06. The van der Waals surface area contributed by atoms with Gasteiger partial charge in [0.05, 0.1) is 0 Å². The molecular weight excluding hydrogens is 130 g/mol. The molecule has 0 unspecified atom stereocenters. The van der Waals surface area contributed by atoms with Gasteiger partial charge in [-0.3, -0.25) is 0 Å². The van der Waals surface area contributed by atoms with Crippen LogP contribution < -0.4 is 0 Å². The summed E-state index contributed by atoms with van der Waals surface area (Å²) in [6.07, 6.45) is 1.57. The van der Waals surface area contributed by atoms with Crippen molar-refractivity contribution < 1.29 is 9.90 Å². The van der Waals surface area contributed by atoms with E-state index in [0.717, 1.165) is 0 Å². The van der Waals surface area contributed by atoms with Gasteiger partial charge in [0.15, 0.2) is 0 Å². The maximum absolute atomic E-state index is 10.2. The molecule has 0 aromatic rings. The van der Waals surface area contributed by atoms with Crippen LogP contribution in [0, 0.1) is 6.42 Å². The minimum Gasteiger partial charge on any atom is -0.478 e. The van der Waals surface area contributed by atoms with Crippen molar-refractivity contribution in [2.75, 3.05) is 20.6 Å². The van der Waals surface area contributed by atoms with Gasteiger partial charge in [0.2, 0.25) is 0 Å². The van der Waals surface area contributed by atoms with E-state index in [1.54, 1.807) is 6.42 Å². The standard InChI is InChI=1S/C7H12NO2/c1-6(7(9)10)4-5-8(2)3/h4H,1,5H2,2-3H3,(H,9,10). The molecule has 1 N–H and O–H groups in total. The van der Waals surface area contributed by atoms with E-state index >= 15 is 0 Å². The maximum atomic E-state index is 10.2. The molecule has 0 aromatic heterocycles. The number of hydrogen-bond donors (Lipinski definition) is 1. The Balaban J connectivity index is 3.50. The molecule has 1 radical (unpaired) electrons. The van der Waals surface area contributed by atoms with Gasteiger partial charge in [-0.05, 0) is 14.1 Å². The van der Waals surface area contributed by atoms with Crippen molar-refractivity contribution in [2.45, 2.75) is 0 Å². The van der Waals surface area contributed by atoms with Crippen molar-refractivity contribution in [2.24, 2.45) is 0 Å². The number of carbonyl (C=O) groups is 1. The topological polar surface area (TPSA) is 40.5 Å². The molecule has 0 aliphatic carbocycles. The lowest BCUT2D eigenvalue weighted by molar-refractivity contribution is -0.132. The normalized spacial score (nSPS) is 9.90. The molecule has 0 fully saturated rings. The summed E-state index contributed by atoms with van der Waals surface area (Å²) >= 11 is 0. The fourth-order valence-corrected chi connectivity index (χ4v) is 0.380. The SMILES string of the molecule is C=C([CH]CN(C)C)C(=O)O. The van der Waals surface area contributed by atoms with E-state index in [9.17, 15) is 4.79 Å². The second-order valence-electron chi connectivity index (χ2n) is 2.30. The maximum Gasteiger partial charge on any atom is 0.331 e. The Hall–Kier alpha value is -0.830. The Morgan fingerprint density at radius 2 is 2.20 bits per heavy atom. The number of rotatable bonds is 4. The van der Waals surface area contributed by atoms with E-state index < -0.39 is 5.97 Å². The van der Waals surface area contributed by atoms with E-state index in [1.165, 1.54) is 0 Å². The zero-order valence-electron chi connectivity index (χ0n) is 6.29. The van der Waals surface area contributed by atoms with Gasteiger partial charge in [0, 0.05) is 18.5 Å². The van der Waals surface area contributed by atoms with Gasteiger partial charge in [-0.2, -0.15) is 0 Å². The molecule has 0 saturated carbocycles. The first-order valence-electron chi connectivity index (χ1n) is 2.94. The summed E-state index contributed by atoms with van der Waals surface area (Å²) in [6.45, 7) is 3.96. The highest BCUT2D eigenvalue weighted by Crippen LogP contribution is 1.95. The summed E-state index contributed by atoms with van der Waals surface area (Å²) in [6, 6.07) is 0. The Bertz CT molecular complexity index is 141. The zero-order chi connectivity index (χ0) is 8.15. The van der Waals surface area contributed by atoms with Crippen molar-refractivity contribution >= 4 is 5.97 Å². The van der Waals surface area contributed by atoms with Crippen LogP contribution in [0.2, 0.25) is 0 Å². The highest BCUT2D eigenvalue weighted by Gasteiger charge is 2.03. The Labute approximate surface area is 61.0 Å². The third-order valence-electron chi connectivity index (χ3n) is 0.978. The van der Waals surface area contributed by atoms with Gasteiger partial charge in [0.1, 0.15) is 0 Å². The van der Waals surface area contributed by atoms with Gasteiger partial charge in [-0.1, -0.05) is 6.58 Å². The Morgan fingerprint density at radius 3 is 2.50 bits per heavy atom. The summed E-state index contributed by atoms with van der Waals surface area (Å²) in [5.41, 5.74) is 0.147. The third kappa shape index (κ3) is 4.09. The molecular formula is C7H12NO2. The Kier molecular flexibility index (Phi) is 3.72. The first kappa shape index (κ1) is 9.17. The molecule has 0 aliphatic rings. The lowest BCUT2D eigenvalue weighted by atomic mass is 10.2. The van der Waals surface area contributed by atoms with Crippen LogP contribution in [0.5, 0.6) is 0 Å². The Morgan fingerprint density at radius 1 is 1.70 bits per heavy atom. The molecule has 0 heterocycles. The van der Waals surface area contributed by atoms with Crippen molar-refractivity contribution in [1.29, 1.82) is 0 Å². The van der Waals surface area contributed by atoms with Crippen LogP contribution in [0.1, 0.15) is 0 Å². The van der Waals surface area contributed by atoms with Gasteiger partial charge >= 0.3 is 5.97 Å². The molecule has 0 aromatic carbocycles. The van der Waals surface area contributed by atoms with Crippen molar-refractivity contribution in [1.82, 2.24) is 4.90 Å².